The summed E-state index contributed by atoms with van der Waals surface area (Å²) < 4.78 is 30.3. The first-order valence-electron chi connectivity index (χ1n) is 4.02. The SMILES string of the molecule is CCc1cc(S(=O)(=O)O)ccc1C.N. The van der Waals surface area contributed by atoms with Crippen molar-refractivity contribution in [2.75, 3.05) is 0 Å². The monoisotopic (exact) mass is 217 g/mol. The van der Waals surface area contributed by atoms with Crippen LogP contribution in [-0.2, 0) is 16.5 Å². The standard InChI is InChI=1S/C9H12O3S.H3N/c1-3-8-6-9(13(10,11)12)5-4-7(8)2;/h4-6H,3H2,1-2H3,(H,10,11,12);1H3. The first-order chi connectivity index (χ1) is 5.95. The number of hydrogen-bond donors (Lipinski definition) is 2. The molecule has 14 heavy (non-hydrogen) atoms. The van der Waals surface area contributed by atoms with Crippen LogP contribution in [-0.4, -0.2) is 13.0 Å². The average Bonchev–Trinajstić information content (AvgIpc) is 2.03. The molecule has 1 aromatic carbocycles. The van der Waals surface area contributed by atoms with Gasteiger partial charge < -0.3 is 6.15 Å². The van der Waals surface area contributed by atoms with Gasteiger partial charge in [-0.3, -0.25) is 4.55 Å². The molecule has 0 aliphatic carbocycles. The van der Waals surface area contributed by atoms with E-state index >= 15 is 0 Å². The van der Waals surface area contributed by atoms with Crippen molar-refractivity contribution in [1.82, 2.24) is 6.15 Å². The fourth-order valence-electron chi connectivity index (χ4n) is 1.19. The largest absolute Gasteiger partial charge is 0.344 e. The fraction of sp³-hybridized carbons (Fsp3) is 0.333. The summed E-state index contributed by atoms with van der Waals surface area (Å²) in [7, 11) is -4.05. The molecule has 0 bridgehead atoms. The second-order valence-corrected chi connectivity index (χ2v) is 4.34. The first-order valence-corrected chi connectivity index (χ1v) is 5.46. The van der Waals surface area contributed by atoms with Crippen molar-refractivity contribution in [3.05, 3.63) is 29.3 Å². The molecule has 1 rings (SSSR count). The molecule has 1 aromatic rings. The summed E-state index contributed by atoms with van der Waals surface area (Å²) in [5.74, 6) is 0. The van der Waals surface area contributed by atoms with Crippen LogP contribution in [0.25, 0.3) is 0 Å². The molecule has 0 aromatic heterocycles. The number of aryl methyl sites for hydroxylation is 2. The lowest BCUT2D eigenvalue weighted by Crippen LogP contribution is -1.99. The van der Waals surface area contributed by atoms with E-state index in [0.717, 1.165) is 17.5 Å². The maximum atomic E-state index is 10.8. The van der Waals surface area contributed by atoms with Crippen LogP contribution in [0, 0.1) is 6.92 Å². The van der Waals surface area contributed by atoms with Crippen LogP contribution in [0.15, 0.2) is 23.1 Å². The van der Waals surface area contributed by atoms with Crippen molar-refractivity contribution in [2.45, 2.75) is 25.2 Å². The zero-order valence-corrected chi connectivity index (χ0v) is 9.13. The second kappa shape index (κ2) is 4.54. The van der Waals surface area contributed by atoms with Gasteiger partial charge in [0.05, 0.1) is 4.90 Å². The van der Waals surface area contributed by atoms with Crippen LogP contribution >= 0.6 is 0 Å². The molecule has 0 spiro atoms. The highest BCUT2D eigenvalue weighted by molar-refractivity contribution is 7.85. The third-order valence-electron chi connectivity index (χ3n) is 2.00. The Morgan fingerprint density at radius 3 is 2.36 bits per heavy atom. The smallest absolute Gasteiger partial charge is 0.294 e. The molecule has 4 nitrogen and oxygen atoms in total. The molecule has 0 saturated heterocycles. The van der Waals surface area contributed by atoms with Crippen LogP contribution in [0.1, 0.15) is 18.1 Å². The zero-order chi connectivity index (χ0) is 10.1. The van der Waals surface area contributed by atoms with E-state index < -0.39 is 10.1 Å². The van der Waals surface area contributed by atoms with Gasteiger partial charge in [0.1, 0.15) is 0 Å². The molecule has 0 aliphatic heterocycles. The Morgan fingerprint density at radius 2 is 1.93 bits per heavy atom. The maximum absolute atomic E-state index is 10.8. The van der Waals surface area contributed by atoms with E-state index in [0.29, 0.717) is 0 Å². The Kier molecular flexibility index (Phi) is 4.25. The van der Waals surface area contributed by atoms with Crippen LogP contribution in [0.4, 0.5) is 0 Å². The Balaban J connectivity index is 0.00000169. The molecule has 0 amide bonds. The lowest BCUT2D eigenvalue weighted by molar-refractivity contribution is 0.483. The highest BCUT2D eigenvalue weighted by Gasteiger charge is 2.10. The molecule has 0 unspecified atom stereocenters. The van der Waals surface area contributed by atoms with Crippen LogP contribution in [0.3, 0.4) is 0 Å². The van der Waals surface area contributed by atoms with Crippen molar-refractivity contribution in [1.29, 1.82) is 0 Å². The fourth-order valence-corrected chi connectivity index (χ4v) is 1.72. The Hall–Kier alpha value is -0.910. The average molecular weight is 217 g/mol. The summed E-state index contributed by atoms with van der Waals surface area (Å²) in [6.07, 6.45) is 0.759. The van der Waals surface area contributed by atoms with Crippen molar-refractivity contribution < 1.29 is 13.0 Å². The van der Waals surface area contributed by atoms with E-state index in [2.05, 4.69) is 0 Å². The van der Waals surface area contributed by atoms with E-state index in [1.54, 1.807) is 6.07 Å². The van der Waals surface area contributed by atoms with Gasteiger partial charge in [-0.15, -0.1) is 0 Å². The van der Waals surface area contributed by atoms with Gasteiger partial charge in [0.25, 0.3) is 10.1 Å². The Labute approximate surface area is 84.3 Å². The van der Waals surface area contributed by atoms with E-state index in [1.165, 1.54) is 12.1 Å². The molecular weight excluding hydrogens is 202 g/mol. The Morgan fingerprint density at radius 1 is 1.36 bits per heavy atom. The van der Waals surface area contributed by atoms with Crippen LogP contribution in [0.2, 0.25) is 0 Å². The predicted octanol–water partition coefficient (Wildman–Crippen LogP) is 1.97. The molecule has 5 heteroatoms. The first kappa shape index (κ1) is 13.1. The van der Waals surface area contributed by atoms with E-state index in [4.69, 9.17) is 4.55 Å². The van der Waals surface area contributed by atoms with Gasteiger partial charge in [0.2, 0.25) is 0 Å². The highest BCUT2D eigenvalue weighted by Crippen LogP contribution is 2.15. The molecule has 4 N–H and O–H groups in total. The quantitative estimate of drug-likeness (QED) is 0.741. The van der Waals surface area contributed by atoms with Gasteiger partial charge in [0, 0.05) is 0 Å². The van der Waals surface area contributed by atoms with E-state index in [9.17, 15) is 8.42 Å². The second-order valence-electron chi connectivity index (χ2n) is 2.92. The van der Waals surface area contributed by atoms with Crippen molar-refractivity contribution in [3.8, 4) is 0 Å². The molecule has 0 aliphatic rings. The van der Waals surface area contributed by atoms with Gasteiger partial charge in [-0.05, 0) is 36.6 Å². The molecule has 0 saturated carbocycles. The van der Waals surface area contributed by atoms with Gasteiger partial charge in [-0.2, -0.15) is 8.42 Å². The minimum Gasteiger partial charge on any atom is -0.344 e. The minimum atomic E-state index is -4.05. The van der Waals surface area contributed by atoms with E-state index in [-0.39, 0.29) is 11.0 Å². The molecule has 0 fully saturated rings. The summed E-state index contributed by atoms with van der Waals surface area (Å²) in [4.78, 5) is -0.0325. The maximum Gasteiger partial charge on any atom is 0.294 e. The van der Waals surface area contributed by atoms with Gasteiger partial charge in [-0.25, -0.2) is 0 Å². The lowest BCUT2D eigenvalue weighted by Gasteiger charge is -2.04. The Bertz CT molecular complexity index is 412. The molecule has 80 valence electrons. The summed E-state index contributed by atoms with van der Waals surface area (Å²) in [6.45, 7) is 3.85. The number of hydrogen-bond acceptors (Lipinski definition) is 3. The summed E-state index contributed by atoms with van der Waals surface area (Å²) in [6, 6.07) is 4.61. The molecular formula is C9H15NO3S. The molecule has 0 heterocycles. The number of benzene rings is 1. The van der Waals surface area contributed by atoms with Crippen molar-refractivity contribution in [3.63, 3.8) is 0 Å². The van der Waals surface area contributed by atoms with E-state index in [1.807, 2.05) is 13.8 Å². The topological polar surface area (TPSA) is 89.4 Å². The van der Waals surface area contributed by atoms with Gasteiger partial charge in [-0.1, -0.05) is 13.0 Å². The third kappa shape index (κ3) is 2.80. The molecule has 0 atom stereocenters. The number of rotatable bonds is 2. The van der Waals surface area contributed by atoms with Crippen molar-refractivity contribution in [2.24, 2.45) is 0 Å². The van der Waals surface area contributed by atoms with Crippen molar-refractivity contribution >= 4 is 10.1 Å². The normalized spacial score (nSPS) is 10.8. The zero-order valence-electron chi connectivity index (χ0n) is 8.32. The van der Waals surface area contributed by atoms with Gasteiger partial charge in [0.15, 0.2) is 0 Å². The van der Waals surface area contributed by atoms with Crippen LogP contribution < -0.4 is 6.15 Å². The minimum absolute atomic E-state index is 0. The molecule has 0 radical (unpaired) electrons. The lowest BCUT2D eigenvalue weighted by atomic mass is 10.1. The highest BCUT2D eigenvalue weighted by atomic mass is 32.2. The summed E-state index contributed by atoms with van der Waals surface area (Å²) in [5.41, 5.74) is 1.98. The predicted molar refractivity (Wildman–Crippen MR) is 55.4 cm³/mol. The van der Waals surface area contributed by atoms with Gasteiger partial charge >= 0.3 is 0 Å². The van der Waals surface area contributed by atoms with Crippen LogP contribution in [0.5, 0.6) is 0 Å². The summed E-state index contributed by atoms with van der Waals surface area (Å²) >= 11 is 0. The summed E-state index contributed by atoms with van der Waals surface area (Å²) in [5, 5.41) is 0. The third-order valence-corrected chi connectivity index (χ3v) is 2.85.